The van der Waals surface area contributed by atoms with Crippen molar-refractivity contribution in [3.05, 3.63) is 69.8 Å². The lowest BCUT2D eigenvalue weighted by molar-refractivity contribution is -0.383. The number of carbonyl (C=O) groups excluding carboxylic acids is 1. The molecule has 26 heavy (non-hydrogen) atoms. The van der Waals surface area contributed by atoms with Gasteiger partial charge in [0.2, 0.25) is 0 Å². The second-order valence-electron chi connectivity index (χ2n) is 5.35. The molecule has 2 rings (SSSR count). The van der Waals surface area contributed by atoms with Crippen LogP contribution in [0.4, 0.5) is 11.4 Å². The minimum Gasteiger partial charge on any atom is -0.491 e. The quantitative estimate of drug-likeness (QED) is 0.243. The Hall–Kier alpha value is -3.19. The molecule has 0 saturated heterocycles. The third kappa shape index (κ3) is 5.15. The third-order valence-electron chi connectivity index (χ3n) is 3.61. The van der Waals surface area contributed by atoms with Crippen LogP contribution in [-0.2, 0) is 4.74 Å². The number of nitrogens with zero attached hydrogens (tertiary/aromatic N) is 1. The number of ketones is 1. The minimum atomic E-state index is -0.465. The molecule has 7 nitrogen and oxygen atoms in total. The fraction of sp³-hybridized carbons (Fsp3) is 0.211. The summed E-state index contributed by atoms with van der Waals surface area (Å²) < 4.78 is 10.3. The first-order valence-electron chi connectivity index (χ1n) is 7.95. The van der Waals surface area contributed by atoms with E-state index in [0.29, 0.717) is 35.8 Å². The fourth-order valence-electron chi connectivity index (χ4n) is 2.24. The van der Waals surface area contributed by atoms with Gasteiger partial charge in [0.1, 0.15) is 18.0 Å². The maximum absolute atomic E-state index is 12.2. The van der Waals surface area contributed by atoms with Crippen LogP contribution < -0.4 is 10.1 Å². The molecule has 2 aromatic carbocycles. The average molecular weight is 356 g/mol. The van der Waals surface area contributed by atoms with E-state index in [0.717, 1.165) is 0 Å². The first-order valence-corrected chi connectivity index (χ1v) is 7.95. The topological polar surface area (TPSA) is 90.7 Å². The number of nitro benzene ring substituents is 1. The molecule has 0 aliphatic rings. The largest absolute Gasteiger partial charge is 0.491 e. The number of benzene rings is 2. The molecule has 0 fully saturated rings. The molecule has 1 N–H and O–H groups in total. The zero-order chi connectivity index (χ0) is 18.9. The summed E-state index contributed by atoms with van der Waals surface area (Å²) in [7, 11) is 3.21. The molecule has 136 valence electrons. The van der Waals surface area contributed by atoms with Crippen molar-refractivity contribution in [1.82, 2.24) is 0 Å². The van der Waals surface area contributed by atoms with E-state index in [9.17, 15) is 14.9 Å². The van der Waals surface area contributed by atoms with E-state index in [4.69, 9.17) is 9.47 Å². The van der Waals surface area contributed by atoms with Gasteiger partial charge in [-0.1, -0.05) is 12.1 Å². The van der Waals surface area contributed by atoms with Gasteiger partial charge in [0, 0.05) is 25.8 Å². The highest BCUT2D eigenvalue weighted by Crippen LogP contribution is 2.25. The minimum absolute atomic E-state index is 0.0420. The van der Waals surface area contributed by atoms with Gasteiger partial charge in [-0.25, -0.2) is 0 Å². The molecular formula is C19H20N2O5. The van der Waals surface area contributed by atoms with Crippen molar-refractivity contribution in [2.75, 3.05) is 32.7 Å². The SMILES string of the molecule is CNc1ccc(/C=C\C(=O)c2ccc(OCCOC)cc2)cc1[N+](=O)[O-]. The number of anilines is 1. The van der Waals surface area contributed by atoms with Gasteiger partial charge in [-0.15, -0.1) is 0 Å². The molecule has 0 aliphatic carbocycles. The highest BCUT2D eigenvalue weighted by atomic mass is 16.6. The van der Waals surface area contributed by atoms with Crippen molar-refractivity contribution in [3.8, 4) is 5.75 Å². The Morgan fingerprint density at radius 3 is 2.54 bits per heavy atom. The van der Waals surface area contributed by atoms with Crippen LogP contribution in [-0.4, -0.2) is 38.1 Å². The molecular weight excluding hydrogens is 336 g/mol. The molecule has 0 aliphatic heterocycles. The molecule has 0 atom stereocenters. The number of rotatable bonds is 9. The van der Waals surface area contributed by atoms with E-state index in [2.05, 4.69) is 5.32 Å². The van der Waals surface area contributed by atoms with E-state index in [1.54, 1.807) is 56.6 Å². The van der Waals surface area contributed by atoms with Crippen LogP contribution in [0.2, 0.25) is 0 Å². The van der Waals surface area contributed by atoms with Crippen LogP contribution in [0, 0.1) is 10.1 Å². The predicted octanol–water partition coefficient (Wildman–Crippen LogP) is 3.56. The van der Waals surface area contributed by atoms with Gasteiger partial charge in [-0.2, -0.15) is 0 Å². The Morgan fingerprint density at radius 1 is 1.19 bits per heavy atom. The molecule has 7 heteroatoms. The van der Waals surface area contributed by atoms with Crippen LogP contribution in [0.1, 0.15) is 15.9 Å². The summed E-state index contributed by atoms with van der Waals surface area (Å²) in [6.07, 6.45) is 2.94. The third-order valence-corrected chi connectivity index (χ3v) is 3.61. The monoisotopic (exact) mass is 356 g/mol. The van der Waals surface area contributed by atoms with Crippen LogP contribution >= 0.6 is 0 Å². The molecule has 0 amide bonds. The lowest BCUT2D eigenvalue weighted by Crippen LogP contribution is -2.04. The zero-order valence-corrected chi connectivity index (χ0v) is 14.6. The summed E-state index contributed by atoms with van der Waals surface area (Å²) in [4.78, 5) is 22.8. The van der Waals surface area contributed by atoms with E-state index >= 15 is 0 Å². The maximum Gasteiger partial charge on any atom is 0.292 e. The van der Waals surface area contributed by atoms with Crippen molar-refractivity contribution in [3.63, 3.8) is 0 Å². The second-order valence-corrected chi connectivity index (χ2v) is 5.35. The molecule has 0 spiro atoms. The molecule has 2 aromatic rings. The highest BCUT2D eigenvalue weighted by molar-refractivity contribution is 6.06. The summed E-state index contributed by atoms with van der Waals surface area (Å²) >= 11 is 0. The van der Waals surface area contributed by atoms with Crippen LogP contribution in [0.15, 0.2) is 48.5 Å². The standard InChI is InChI=1S/C19H20N2O5/c1-20-17-9-3-14(13-18(17)21(23)24)4-10-19(22)15-5-7-16(8-6-15)26-12-11-25-2/h3-10,13,20H,11-12H2,1-2H3/b10-4-. The number of carbonyl (C=O) groups is 1. The van der Waals surface area contributed by atoms with Crippen molar-refractivity contribution in [2.45, 2.75) is 0 Å². The number of nitro groups is 1. The van der Waals surface area contributed by atoms with Crippen molar-refractivity contribution >= 4 is 23.2 Å². The Bertz CT molecular complexity index is 800. The zero-order valence-electron chi connectivity index (χ0n) is 14.6. The summed E-state index contributed by atoms with van der Waals surface area (Å²) in [5.74, 6) is 0.453. The van der Waals surface area contributed by atoms with Crippen molar-refractivity contribution < 1.29 is 19.2 Å². The lowest BCUT2D eigenvalue weighted by Gasteiger charge is -2.05. The van der Waals surface area contributed by atoms with Gasteiger partial charge in [-0.3, -0.25) is 14.9 Å². The Kier molecular flexibility index (Phi) is 6.87. The Morgan fingerprint density at radius 2 is 1.92 bits per heavy atom. The van der Waals surface area contributed by atoms with E-state index < -0.39 is 4.92 Å². The fourth-order valence-corrected chi connectivity index (χ4v) is 2.24. The molecule has 0 bridgehead atoms. The lowest BCUT2D eigenvalue weighted by atomic mass is 10.1. The van der Waals surface area contributed by atoms with Crippen LogP contribution in [0.5, 0.6) is 5.75 Å². The number of allylic oxidation sites excluding steroid dienone is 1. The van der Waals surface area contributed by atoms with Crippen molar-refractivity contribution in [2.24, 2.45) is 0 Å². The molecule has 0 unspecified atom stereocenters. The maximum atomic E-state index is 12.2. The average Bonchev–Trinajstić information content (AvgIpc) is 2.66. The Balaban J connectivity index is 2.07. The first-order chi connectivity index (χ1) is 12.5. The Labute approximate surface area is 151 Å². The normalized spacial score (nSPS) is 10.7. The van der Waals surface area contributed by atoms with Crippen LogP contribution in [0.25, 0.3) is 6.08 Å². The summed E-state index contributed by atoms with van der Waals surface area (Å²) in [5.41, 5.74) is 1.45. The summed E-state index contributed by atoms with van der Waals surface area (Å²) in [5, 5.41) is 13.8. The van der Waals surface area contributed by atoms with Gasteiger partial charge in [0.25, 0.3) is 5.69 Å². The van der Waals surface area contributed by atoms with Crippen LogP contribution in [0.3, 0.4) is 0 Å². The van der Waals surface area contributed by atoms with Gasteiger partial charge in [0.05, 0.1) is 11.5 Å². The van der Waals surface area contributed by atoms with Gasteiger partial charge in [0.15, 0.2) is 5.78 Å². The second kappa shape index (κ2) is 9.33. The summed E-state index contributed by atoms with van der Waals surface area (Å²) in [6.45, 7) is 0.924. The molecule has 0 heterocycles. The van der Waals surface area contributed by atoms with Gasteiger partial charge in [-0.05, 0) is 42.0 Å². The smallest absolute Gasteiger partial charge is 0.292 e. The summed E-state index contributed by atoms with van der Waals surface area (Å²) in [6, 6.07) is 11.5. The van der Waals surface area contributed by atoms with Crippen molar-refractivity contribution in [1.29, 1.82) is 0 Å². The van der Waals surface area contributed by atoms with E-state index in [-0.39, 0.29) is 11.5 Å². The molecule has 0 aromatic heterocycles. The molecule has 0 radical (unpaired) electrons. The van der Waals surface area contributed by atoms with Gasteiger partial charge >= 0.3 is 0 Å². The predicted molar refractivity (Wildman–Crippen MR) is 99.8 cm³/mol. The number of ether oxygens (including phenoxy) is 2. The highest BCUT2D eigenvalue weighted by Gasteiger charge is 2.12. The number of nitrogens with one attached hydrogen (secondary N) is 1. The van der Waals surface area contributed by atoms with E-state index in [1.165, 1.54) is 12.1 Å². The number of methoxy groups -OCH3 is 1. The first kappa shape index (κ1) is 19.1. The molecule has 0 saturated carbocycles. The van der Waals surface area contributed by atoms with E-state index in [1.807, 2.05) is 0 Å². The number of hydrogen-bond acceptors (Lipinski definition) is 6. The van der Waals surface area contributed by atoms with Gasteiger partial charge < -0.3 is 14.8 Å². The number of hydrogen-bond donors (Lipinski definition) is 1.